The second-order valence-corrected chi connectivity index (χ2v) is 10.3. The molecule has 136 valence electrons. The zero-order chi connectivity index (χ0) is 18.2. The first-order valence-electron chi connectivity index (χ1n) is 8.30. The van der Waals surface area contributed by atoms with Crippen molar-refractivity contribution in [2.75, 3.05) is 11.5 Å². The number of benzene rings is 1. The second-order valence-electron chi connectivity index (χ2n) is 6.56. The van der Waals surface area contributed by atoms with Gasteiger partial charge < -0.3 is 4.90 Å². The predicted molar refractivity (Wildman–Crippen MR) is 103 cm³/mol. The zero-order valence-corrected chi connectivity index (χ0v) is 16.6. The van der Waals surface area contributed by atoms with Crippen molar-refractivity contribution in [2.45, 2.75) is 38.1 Å². The Bertz CT molecular complexity index is 810. The molecule has 1 aromatic carbocycles. The molecule has 5 nitrogen and oxygen atoms in total. The summed E-state index contributed by atoms with van der Waals surface area (Å²) in [5.41, 5.74) is 0.901. The third kappa shape index (κ3) is 4.04. The molecule has 0 N–H and O–H groups in total. The first-order chi connectivity index (χ1) is 11.8. The van der Waals surface area contributed by atoms with Crippen LogP contribution in [-0.2, 0) is 21.2 Å². The highest BCUT2D eigenvalue weighted by Gasteiger charge is 2.48. The van der Waals surface area contributed by atoms with Crippen LogP contribution in [0.1, 0.15) is 25.8 Å². The van der Waals surface area contributed by atoms with E-state index in [4.69, 9.17) is 11.6 Å². The third-order valence-electron chi connectivity index (χ3n) is 4.71. The molecule has 25 heavy (non-hydrogen) atoms. The fraction of sp³-hybridized carbons (Fsp3) is 0.529. The monoisotopic (exact) mass is 400 g/mol. The molecule has 2 aliphatic rings. The van der Waals surface area contributed by atoms with E-state index in [1.54, 1.807) is 0 Å². The molecule has 1 aromatic rings. The van der Waals surface area contributed by atoms with Gasteiger partial charge in [0.15, 0.2) is 15.0 Å². The number of amides is 1. The number of carbonyl (C=O) groups excluding carboxylic acids is 1. The van der Waals surface area contributed by atoms with E-state index in [1.165, 1.54) is 11.8 Å². The Kier molecular flexibility index (Phi) is 5.46. The predicted octanol–water partition coefficient (Wildman–Crippen LogP) is 2.98. The number of amidine groups is 1. The van der Waals surface area contributed by atoms with Crippen LogP contribution in [0.5, 0.6) is 0 Å². The van der Waals surface area contributed by atoms with E-state index in [0.717, 1.165) is 12.0 Å². The molecule has 0 bridgehead atoms. The van der Waals surface area contributed by atoms with E-state index < -0.39 is 9.84 Å². The minimum absolute atomic E-state index is 0.0732. The van der Waals surface area contributed by atoms with E-state index in [2.05, 4.69) is 4.99 Å². The molecule has 3 rings (SSSR count). The van der Waals surface area contributed by atoms with E-state index in [1.807, 2.05) is 43.0 Å². The highest BCUT2D eigenvalue weighted by Crippen LogP contribution is 2.39. The van der Waals surface area contributed by atoms with Gasteiger partial charge in [-0.1, -0.05) is 55.4 Å². The number of fused-ring (bicyclic) bond motifs is 1. The number of thioether (sulfide) groups is 1. The van der Waals surface area contributed by atoms with Crippen LogP contribution in [0.15, 0.2) is 29.3 Å². The van der Waals surface area contributed by atoms with Crippen molar-refractivity contribution in [2.24, 2.45) is 10.9 Å². The highest BCUT2D eigenvalue weighted by atomic mass is 35.5. The van der Waals surface area contributed by atoms with Gasteiger partial charge in [-0.05, 0) is 18.1 Å². The number of rotatable bonds is 4. The van der Waals surface area contributed by atoms with Gasteiger partial charge in [-0.3, -0.25) is 4.79 Å². The third-order valence-corrected chi connectivity index (χ3v) is 8.33. The van der Waals surface area contributed by atoms with Crippen LogP contribution in [0.2, 0.25) is 5.02 Å². The van der Waals surface area contributed by atoms with Crippen LogP contribution in [0.3, 0.4) is 0 Å². The summed E-state index contributed by atoms with van der Waals surface area (Å²) in [7, 11) is -3.05. The van der Waals surface area contributed by atoms with Crippen LogP contribution >= 0.6 is 23.4 Å². The number of aliphatic imine (C=N–C) groups is 1. The normalized spacial score (nSPS) is 27.5. The molecular weight excluding hydrogens is 380 g/mol. The Hall–Kier alpha value is -1.05. The highest BCUT2D eigenvalue weighted by molar-refractivity contribution is 8.15. The molecule has 2 heterocycles. The molecular formula is C17H21ClN2O3S2. The van der Waals surface area contributed by atoms with Gasteiger partial charge in [0.05, 0.1) is 17.5 Å². The lowest BCUT2D eigenvalue weighted by Gasteiger charge is -2.25. The number of nitrogens with zero attached hydrogens (tertiary/aromatic N) is 2. The first kappa shape index (κ1) is 18.7. The smallest absolute Gasteiger partial charge is 0.250 e. The molecule has 2 fully saturated rings. The lowest BCUT2D eigenvalue weighted by molar-refractivity contribution is -0.121. The number of sulfone groups is 1. The van der Waals surface area contributed by atoms with Crippen molar-refractivity contribution < 1.29 is 13.2 Å². The summed E-state index contributed by atoms with van der Waals surface area (Å²) in [6.07, 6.45) is 0.728. The van der Waals surface area contributed by atoms with Gasteiger partial charge in [0.25, 0.3) is 5.91 Å². The maximum absolute atomic E-state index is 12.3. The Balaban J connectivity index is 1.91. The van der Waals surface area contributed by atoms with Gasteiger partial charge in [-0.2, -0.15) is 4.99 Å². The maximum atomic E-state index is 12.3. The standard InChI is InChI=1S/C17H21ClN2O3S2/c1-3-11(2)16(21)19-17-20(8-12-6-4-5-7-13(12)18)14-9-25(22,23)10-15(14)24-17/h4-7,11,14-15H,3,8-10H2,1-2H3/t11-,14-,15+/m1/s1. The fourth-order valence-corrected chi connectivity index (χ4v) is 7.16. The SMILES string of the molecule is CC[C@@H](C)C(=O)N=C1S[C@H]2CS(=O)(=O)C[C@H]2N1Cc1ccccc1Cl. The topological polar surface area (TPSA) is 66.8 Å². The van der Waals surface area contributed by atoms with Crippen molar-refractivity contribution in [3.8, 4) is 0 Å². The summed E-state index contributed by atoms with van der Waals surface area (Å²) in [5.74, 6) is -0.0553. The molecule has 0 radical (unpaired) electrons. The average Bonchev–Trinajstić information content (AvgIpc) is 3.01. The fourth-order valence-electron chi connectivity index (χ4n) is 3.01. The van der Waals surface area contributed by atoms with E-state index >= 15 is 0 Å². The summed E-state index contributed by atoms with van der Waals surface area (Å²) in [5, 5.41) is 1.18. The van der Waals surface area contributed by atoms with E-state index in [9.17, 15) is 13.2 Å². The van der Waals surface area contributed by atoms with Crippen molar-refractivity contribution in [3.63, 3.8) is 0 Å². The Labute approximate surface area is 157 Å². The van der Waals surface area contributed by atoms with Gasteiger partial charge in [0, 0.05) is 22.7 Å². The molecule has 0 unspecified atom stereocenters. The molecule has 0 saturated carbocycles. The number of hydrogen-bond donors (Lipinski definition) is 0. The Morgan fingerprint density at radius 3 is 2.80 bits per heavy atom. The van der Waals surface area contributed by atoms with Crippen LogP contribution in [0.25, 0.3) is 0 Å². The van der Waals surface area contributed by atoms with Gasteiger partial charge in [-0.15, -0.1) is 0 Å². The van der Waals surface area contributed by atoms with Crippen molar-refractivity contribution >= 4 is 44.3 Å². The average molecular weight is 401 g/mol. The second kappa shape index (κ2) is 7.29. The number of carbonyl (C=O) groups is 1. The molecule has 2 aliphatic heterocycles. The number of hydrogen-bond acceptors (Lipinski definition) is 4. The molecule has 8 heteroatoms. The summed E-state index contributed by atoms with van der Waals surface area (Å²) in [6, 6.07) is 7.32. The van der Waals surface area contributed by atoms with E-state index in [0.29, 0.717) is 16.7 Å². The van der Waals surface area contributed by atoms with Crippen LogP contribution in [0.4, 0.5) is 0 Å². The van der Waals surface area contributed by atoms with Gasteiger partial charge in [0.2, 0.25) is 0 Å². The minimum atomic E-state index is -3.05. The molecule has 2 saturated heterocycles. The molecule has 3 atom stereocenters. The quantitative estimate of drug-likeness (QED) is 0.777. The summed E-state index contributed by atoms with van der Waals surface area (Å²) < 4.78 is 24.0. The first-order valence-corrected chi connectivity index (χ1v) is 11.4. The van der Waals surface area contributed by atoms with Crippen LogP contribution < -0.4 is 0 Å². The Morgan fingerprint density at radius 1 is 1.40 bits per heavy atom. The lowest BCUT2D eigenvalue weighted by atomic mass is 10.1. The van der Waals surface area contributed by atoms with E-state index in [-0.39, 0.29) is 34.6 Å². The molecule has 0 aromatic heterocycles. The Morgan fingerprint density at radius 2 is 2.12 bits per heavy atom. The van der Waals surface area contributed by atoms with Crippen molar-refractivity contribution in [1.29, 1.82) is 0 Å². The summed E-state index contributed by atoms with van der Waals surface area (Å²) in [6.45, 7) is 4.26. The largest absolute Gasteiger partial charge is 0.342 e. The van der Waals surface area contributed by atoms with Gasteiger partial charge in [-0.25, -0.2) is 8.42 Å². The van der Waals surface area contributed by atoms with Crippen molar-refractivity contribution in [3.05, 3.63) is 34.9 Å². The minimum Gasteiger partial charge on any atom is -0.342 e. The molecule has 0 spiro atoms. The summed E-state index contributed by atoms with van der Waals surface area (Å²) in [4.78, 5) is 18.5. The molecule has 0 aliphatic carbocycles. The van der Waals surface area contributed by atoms with Crippen LogP contribution in [0, 0.1) is 5.92 Å². The van der Waals surface area contributed by atoms with Crippen molar-refractivity contribution in [1.82, 2.24) is 4.90 Å². The lowest BCUT2D eigenvalue weighted by Crippen LogP contribution is -2.37. The van der Waals surface area contributed by atoms with Crippen LogP contribution in [-0.4, -0.2) is 47.2 Å². The summed E-state index contributed by atoms with van der Waals surface area (Å²) >= 11 is 7.68. The maximum Gasteiger partial charge on any atom is 0.250 e. The molecule has 1 amide bonds. The van der Waals surface area contributed by atoms with Gasteiger partial charge >= 0.3 is 0 Å². The zero-order valence-electron chi connectivity index (χ0n) is 14.2. The number of halogens is 1. The van der Waals surface area contributed by atoms with Gasteiger partial charge in [0.1, 0.15) is 0 Å².